The van der Waals surface area contributed by atoms with Gasteiger partial charge in [0, 0.05) is 6.54 Å². The molecule has 124 valence electrons. The highest BCUT2D eigenvalue weighted by Crippen LogP contribution is 2.39. The Kier molecular flexibility index (Phi) is 7.59. The maximum atomic E-state index is 12.9. The first-order valence-electron chi connectivity index (χ1n) is 7.44. The van der Waals surface area contributed by atoms with Gasteiger partial charge in [-0.3, -0.25) is 4.79 Å². The van der Waals surface area contributed by atoms with E-state index in [4.69, 9.17) is 9.26 Å². The van der Waals surface area contributed by atoms with Crippen molar-refractivity contribution in [2.45, 2.75) is 46.3 Å². The number of nitrogens with one attached hydrogen (secondary N) is 2. The maximum Gasteiger partial charge on any atom is 0.391 e. The lowest BCUT2D eigenvalue weighted by Gasteiger charge is -2.24. The molecule has 0 saturated heterocycles. The summed E-state index contributed by atoms with van der Waals surface area (Å²) in [6.07, 6.45) is 0.559. The Morgan fingerprint density at radius 2 is 1.86 bits per heavy atom. The first kappa shape index (κ1) is 18.7. The molecule has 7 heteroatoms. The summed E-state index contributed by atoms with van der Waals surface area (Å²) < 4.78 is 23.6. The molecule has 6 nitrogen and oxygen atoms in total. The highest BCUT2D eigenvalue weighted by atomic mass is 31.2. The highest BCUT2D eigenvalue weighted by molar-refractivity contribution is 7.55. The molecule has 0 aliphatic heterocycles. The van der Waals surface area contributed by atoms with Gasteiger partial charge in [0.15, 0.2) is 0 Å². The molecule has 0 aliphatic carbocycles. The molecule has 0 aliphatic rings. The van der Waals surface area contributed by atoms with E-state index in [1.165, 1.54) is 0 Å². The first-order valence-corrected chi connectivity index (χ1v) is 9.07. The number of carbonyl (C=O) groups excluding carboxylic acids is 1. The summed E-state index contributed by atoms with van der Waals surface area (Å²) in [5, 5.41) is 5.58. The molecule has 0 amide bonds. The van der Waals surface area contributed by atoms with Gasteiger partial charge in [0.2, 0.25) is 0 Å². The van der Waals surface area contributed by atoms with E-state index in [1.54, 1.807) is 45.0 Å². The van der Waals surface area contributed by atoms with Gasteiger partial charge < -0.3 is 9.26 Å². The summed E-state index contributed by atoms with van der Waals surface area (Å²) in [6.45, 7) is 7.58. The van der Waals surface area contributed by atoms with Crippen molar-refractivity contribution in [3.05, 3.63) is 30.3 Å². The normalized spacial score (nSPS) is 15.1. The minimum absolute atomic E-state index is 0.227. The average molecular weight is 328 g/mol. The van der Waals surface area contributed by atoms with Gasteiger partial charge >= 0.3 is 13.6 Å². The summed E-state index contributed by atoms with van der Waals surface area (Å²) in [5.74, 6) is -0.00320. The van der Waals surface area contributed by atoms with Crippen LogP contribution in [0.3, 0.4) is 0 Å². The molecule has 0 radical (unpaired) electrons. The van der Waals surface area contributed by atoms with E-state index in [1.807, 2.05) is 13.0 Å². The second-order valence-electron chi connectivity index (χ2n) is 5.20. The van der Waals surface area contributed by atoms with Crippen molar-refractivity contribution in [3.8, 4) is 5.75 Å². The molecule has 0 spiro atoms. The summed E-state index contributed by atoms with van der Waals surface area (Å²) >= 11 is 0. The van der Waals surface area contributed by atoms with Crippen LogP contribution in [-0.2, 0) is 14.1 Å². The van der Waals surface area contributed by atoms with Crippen LogP contribution in [0.1, 0.15) is 34.1 Å². The third-order valence-electron chi connectivity index (χ3n) is 2.62. The van der Waals surface area contributed by atoms with Gasteiger partial charge in [0.25, 0.3) is 0 Å². The SMILES string of the molecule is CCCNP(=O)(NC(C)C(=O)OC(C)C)Oc1ccccc1. The standard InChI is InChI=1S/C15H25N2O4P/c1-5-11-16-22(19,21-14-9-7-6-8-10-14)17-13(4)15(18)20-12(2)3/h6-10,12-13H,5,11H2,1-4H3,(H2,16,17,19). The molecule has 0 heterocycles. The fourth-order valence-corrected chi connectivity index (χ4v) is 3.40. The Morgan fingerprint density at radius 3 is 2.41 bits per heavy atom. The Hall–Kier alpha value is -1.36. The van der Waals surface area contributed by atoms with Crippen LogP contribution < -0.4 is 14.7 Å². The van der Waals surface area contributed by atoms with Crippen LogP contribution in [-0.4, -0.2) is 24.7 Å². The van der Waals surface area contributed by atoms with Crippen molar-refractivity contribution < 1.29 is 18.6 Å². The topological polar surface area (TPSA) is 76.7 Å². The van der Waals surface area contributed by atoms with Crippen molar-refractivity contribution in [1.29, 1.82) is 0 Å². The number of para-hydroxylation sites is 1. The minimum Gasteiger partial charge on any atom is -0.462 e. The number of rotatable bonds is 9. The third-order valence-corrected chi connectivity index (χ3v) is 4.45. The number of carbonyl (C=O) groups is 1. The summed E-state index contributed by atoms with van der Waals surface area (Å²) in [5.41, 5.74) is 0. The lowest BCUT2D eigenvalue weighted by atomic mass is 10.3. The summed E-state index contributed by atoms with van der Waals surface area (Å²) in [7, 11) is -3.41. The molecule has 0 bridgehead atoms. The molecule has 1 aromatic carbocycles. The molecule has 2 N–H and O–H groups in total. The van der Waals surface area contributed by atoms with E-state index in [9.17, 15) is 9.36 Å². The van der Waals surface area contributed by atoms with Crippen molar-refractivity contribution in [2.75, 3.05) is 6.54 Å². The molecule has 2 unspecified atom stereocenters. The fourth-order valence-electron chi connectivity index (χ4n) is 1.64. The Morgan fingerprint density at radius 1 is 1.23 bits per heavy atom. The molecule has 0 fully saturated rings. The molecular formula is C15H25N2O4P. The number of hydrogen-bond acceptors (Lipinski definition) is 4. The van der Waals surface area contributed by atoms with E-state index in [-0.39, 0.29) is 6.10 Å². The highest BCUT2D eigenvalue weighted by Gasteiger charge is 2.30. The van der Waals surface area contributed by atoms with Gasteiger partial charge in [-0.25, -0.2) is 14.7 Å². The first-order chi connectivity index (χ1) is 10.4. The summed E-state index contributed by atoms with van der Waals surface area (Å²) in [6, 6.07) is 8.08. The van der Waals surface area contributed by atoms with E-state index in [0.29, 0.717) is 12.3 Å². The monoisotopic (exact) mass is 328 g/mol. The van der Waals surface area contributed by atoms with E-state index >= 15 is 0 Å². The van der Waals surface area contributed by atoms with Crippen LogP contribution in [0.2, 0.25) is 0 Å². The van der Waals surface area contributed by atoms with Gasteiger partial charge in [-0.2, -0.15) is 0 Å². The Balaban J connectivity index is 2.78. The number of ether oxygens (including phenoxy) is 1. The smallest absolute Gasteiger partial charge is 0.391 e. The zero-order valence-corrected chi connectivity index (χ0v) is 14.4. The molecule has 1 rings (SSSR count). The Bertz CT molecular complexity index is 508. The predicted octanol–water partition coefficient (Wildman–Crippen LogP) is 3.10. The number of hydrogen-bond donors (Lipinski definition) is 2. The van der Waals surface area contributed by atoms with Crippen molar-refractivity contribution in [2.24, 2.45) is 0 Å². The minimum atomic E-state index is -3.41. The third kappa shape index (κ3) is 6.60. The molecule has 2 atom stereocenters. The van der Waals surface area contributed by atoms with Crippen molar-refractivity contribution in [1.82, 2.24) is 10.2 Å². The van der Waals surface area contributed by atoms with Gasteiger partial charge in [0.05, 0.1) is 6.10 Å². The van der Waals surface area contributed by atoms with Gasteiger partial charge in [-0.1, -0.05) is 25.1 Å². The molecule has 0 aromatic heterocycles. The number of benzene rings is 1. The molecule has 0 saturated carbocycles. The van der Waals surface area contributed by atoms with E-state index in [0.717, 1.165) is 6.42 Å². The largest absolute Gasteiger partial charge is 0.462 e. The van der Waals surface area contributed by atoms with Gasteiger partial charge in [-0.15, -0.1) is 0 Å². The van der Waals surface area contributed by atoms with E-state index in [2.05, 4.69) is 10.2 Å². The fraction of sp³-hybridized carbons (Fsp3) is 0.533. The zero-order valence-electron chi connectivity index (χ0n) is 13.5. The average Bonchev–Trinajstić information content (AvgIpc) is 2.45. The van der Waals surface area contributed by atoms with E-state index < -0.39 is 19.7 Å². The maximum absolute atomic E-state index is 12.9. The number of esters is 1. The van der Waals surface area contributed by atoms with Crippen LogP contribution in [0, 0.1) is 0 Å². The van der Waals surface area contributed by atoms with Crippen LogP contribution in [0.25, 0.3) is 0 Å². The van der Waals surface area contributed by atoms with Crippen molar-refractivity contribution in [3.63, 3.8) is 0 Å². The van der Waals surface area contributed by atoms with Crippen LogP contribution in [0.15, 0.2) is 30.3 Å². The lowest BCUT2D eigenvalue weighted by molar-refractivity contribution is -0.149. The van der Waals surface area contributed by atoms with Crippen LogP contribution in [0.5, 0.6) is 5.75 Å². The second kappa shape index (κ2) is 8.93. The lowest BCUT2D eigenvalue weighted by Crippen LogP contribution is -2.39. The quantitative estimate of drug-likeness (QED) is 0.536. The zero-order chi connectivity index (χ0) is 16.6. The predicted molar refractivity (Wildman–Crippen MR) is 86.8 cm³/mol. The van der Waals surface area contributed by atoms with Gasteiger partial charge in [-0.05, 0) is 39.3 Å². The van der Waals surface area contributed by atoms with Crippen molar-refractivity contribution >= 4 is 13.6 Å². The molecule has 22 heavy (non-hydrogen) atoms. The molecular weight excluding hydrogens is 303 g/mol. The van der Waals surface area contributed by atoms with Crippen LogP contribution in [0.4, 0.5) is 0 Å². The Labute approximate surface area is 132 Å². The second-order valence-corrected chi connectivity index (χ2v) is 7.06. The van der Waals surface area contributed by atoms with Crippen LogP contribution >= 0.6 is 7.67 Å². The summed E-state index contributed by atoms with van der Waals surface area (Å²) in [4.78, 5) is 11.9. The van der Waals surface area contributed by atoms with Gasteiger partial charge in [0.1, 0.15) is 11.8 Å². The molecule has 1 aromatic rings.